The molecule has 0 radical (unpaired) electrons. The first kappa shape index (κ1) is 13.3. The zero-order chi connectivity index (χ0) is 7.82. The van der Waals surface area contributed by atoms with E-state index < -0.39 is 0 Å². The molecule has 3 N–H and O–H groups in total. The van der Waals surface area contributed by atoms with Gasteiger partial charge in [0.15, 0.2) is 0 Å². The van der Waals surface area contributed by atoms with Gasteiger partial charge in [-0.1, -0.05) is 13.3 Å². The summed E-state index contributed by atoms with van der Waals surface area (Å²) >= 11 is 0. The molecule has 0 unspecified atom stereocenters. The van der Waals surface area contributed by atoms with Gasteiger partial charge in [0.05, 0.1) is 6.61 Å². The van der Waals surface area contributed by atoms with Gasteiger partial charge in [0.25, 0.3) is 0 Å². The van der Waals surface area contributed by atoms with E-state index in [1.165, 1.54) is 0 Å². The van der Waals surface area contributed by atoms with Crippen LogP contribution in [0.25, 0.3) is 0 Å². The summed E-state index contributed by atoms with van der Waals surface area (Å²) in [4.78, 5) is 14.8. The van der Waals surface area contributed by atoms with E-state index in [2.05, 4.69) is 10.7 Å². The van der Waals surface area contributed by atoms with Crippen LogP contribution in [0.1, 0.15) is 19.8 Å². The molecule has 0 fully saturated rings. The lowest BCUT2D eigenvalue weighted by Gasteiger charge is -1.99. The average Bonchev–Trinajstić information content (AvgIpc) is 1.89. The summed E-state index contributed by atoms with van der Waals surface area (Å²) in [5, 5.41) is 0. The van der Waals surface area contributed by atoms with Gasteiger partial charge in [-0.25, -0.2) is 10.7 Å². The number of carbonyl (C=O) groups excluding carboxylic acids is 1. The van der Waals surface area contributed by atoms with Crippen LogP contribution in [0, 0.1) is 0 Å². The zero-order valence-corrected chi connectivity index (χ0v) is 7.49. The van der Waals surface area contributed by atoms with Crippen molar-refractivity contribution in [3.63, 3.8) is 0 Å². The predicted octanol–water partition coefficient (Wildman–Crippen LogP) is -0.0750. The number of rotatable bonds is 5. The quantitative estimate of drug-likeness (QED) is 0.370. The minimum atomic E-state index is -0.344. The van der Waals surface area contributed by atoms with E-state index >= 15 is 0 Å². The fourth-order valence-electron chi connectivity index (χ4n) is 0.455. The molecule has 0 aromatic carbocycles. The molecule has 0 rings (SSSR count). The summed E-state index contributed by atoms with van der Waals surface area (Å²) in [5.41, 5.74) is 0. The number of unbranched alkanes of at least 4 members (excludes halogenated alkanes) is 1. The molecule has 0 saturated heterocycles. The molecule has 68 valence electrons. The molecular weight excluding hydrogens is 170 g/mol. The number of halogens is 1. The van der Waals surface area contributed by atoms with Crippen molar-refractivity contribution in [1.82, 2.24) is 0 Å². The highest BCUT2D eigenvalue weighted by Crippen LogP contribution is 1.87. The van der Waals surface area contributed by atoms with Crippen molar-refractivity contribution in [2.45, 2.75) is 19.8 Å². The van der Waals surface area contributed by atoms with Crippen molar-refractivity contribution < 1.29 is 20.3 Å². The second kappa shape index (κ2) is 9.68. The van der Waals surface area contributed by atoms with Gasteiger partial charge in [0, 0.05) is 0 Å². The predicted molar refractivity (Wildman–Crippen MR) is 42.0 cm³/mol. The van der Waals surface area contributed by atoms with Crippen molar-refractivity contribution in [3.8, 4) is 0 Å². The lowest BCUT2D eigenvalue weighted by molar-refractivity contribution is -0.685. The van der Waals surface area contributed by atoms with Crippen molar-refractivity contribution in [2.75, 3.05) is 13.2 Å². The summed E-state index contributed by atoms with van der Waals surface area (Å²) in [6.45, 7) is 2.47. The summed E-state index contributed by atoms with van der Waals surface area (Å²) in [6, 6.07) is 0. The highest BCUT2D eigenvalue weighted by molar-refractivity contribution is 5.85. The average molecular weight is 185 g/mol. The van der Waals surface area contributed by atoms with Crippen LogP contribution in [0.15, 0.2) is 0 Å². The van der Waals surface area contributed by atoms with Gasteiger partial charge in [0.2, 0.25) is 6.61 Å². The van der Waals surface area contributed by atoms with Gasteiger partial charge in [-0.2, -0.15) is 4.84 Å². The highest BCUT2D eigenvalue weighted by Gasteiger charge is 2.00. The minimum absolute atomic E-state index is 0. The molecule has 5 heteroatoms. The Hall–Kier alpha value is -0.320. The number of esters is 1. The van der Waals surface area contributed by atoms with Crippen LogP contribution >= 0.6 is 12.4 Å². The van der Waals surface area contributed by atoms with E-state index in [-0.39, 0.29) is 25.0 Å². The largest absolute Gasteiger partial charge is 0.464 e. The van der Waals surface area contributed by atoms with E-state index in [0.29, 0.717) is 6.61 Å². The van der Waals surface area contributed by atoms with Gasteiger partial charge < -0.3 is 4.74 Å². The molecule has 0 aromatic heterocycles. The van der Waals surface area contributed by atoms with Crippen LogP contribution < -0.4 is 5.90 Å². The van der Waals surface area contributed by atoms with Crippen molar-refractivity contribution >= 4 is 18.4 Å². The first-order chi connectivity index (χ1) is 4.81. The maximum atomic E-state index is 10.5. The van der Waals surface area contributed by atoms with Crippen LogP contribution in [0.5, 0.6) is 0 Å². The fraction of sp³-hybridized carbons (Fsp3) is 0.833. The Morgan fingerprint density at radius 1 is 1.55 bits per heavy atom. The van der Waals surface area contributed by atoms with E-state index in [4.69, 9.17) is 4.74 Å². The van der Waals surface area contributed by atoms with Crippen molar-refractivity contribution in [1.29, 1.82) is 0 Å². The Morgan fingerprint density at radius 2 is 2.18 bits per heavy atom. The Labute approximate surface area is 72.4 Å². The molecule has 0 aliphatic carbocycles. The molecule has 0 bridgehead atoms. The highest BCUT2D eigenvalue weighted by atomic mass is 35.5. The van der Waals surface area contributed by atoms with Gasteiger partial charge in [-0.3, -0.25) is 0 Å². The lowest BCUT2D eigenvalue weighted by Crippen LogP contribution is -2.50. The van der Waals surface area contributed by atoms with E-state index in [9.17, 15) is 4.79 Å². The Morgan fingerprint density at radius 3 is 2.64 bits per heavy atom. The van der Waals surface area contributed by atoms with Crippen LogP contribution in [0.2, 0.25) is 0 Å². The number of quaternary nitrogens is 1. The van der Waals surface area contributed by atoms with Gasteiger partial charge in [0.1, 0.15) is 0 Å². The molecule has 0 heterocycles. The Bertz CT molecular complexity index is 99.8. The van der Waals surface area contributed by atoms with Crippen LogP contribution in [-0.2, 0) is 14.4 Å². The van der Waals surface area contributed by atoms with Crippen LogP contribution in [-0.4, -0.2) is 19.2 Å². The summed E-state index contributed by atoms with van der Waals surface area (Å²) in [6.07, 6.45) is 1.93. The molecule has 0 atom stereocenters. The van der Waals surface area contributed by atoms with Crippen molar-refractivity contribution in [2.24, 2.45) is 0 Å². The van der Waals surface area contributed by atoms with Gasteiger partial charge in [-0.15, -0.1) is 12.4 Å². The Kier molecular flexibility index (Phi) is 11.7. The smallest absolute Gasteiger partial charge is 0.338 e. The molecule has 0 saturated carbocycles. The van der Waals surface area contributed by atoms with Crippen LogP contribution in [0.4, 0.5) is 0 Å². The number of carbonyl (C=O) groups is 1. The van der Waals surface area contributed by atoms with Crippen LogP contribution in [0.3, 0.4) is 0 Å². The third kappa shape index (κ3) is 9.68. The Balaban J connectivity index is 0. The molecule has 0 aliphatic heterocycles. The minimum Gasteiger partial charge on any atom is -0.464 e. The standard InChI is InChI=1S/C6H14NO3.ClH/c1-2-3-4-9-6(8)5-10-7;/h2-5H2,1,7H3;1H/q+1;. The van der Waals surface area contributed by atoms with Crippen molar-refractivity contribution in [3.05, 3.63) is 0 Å². The molecule has 0 amide bonds. The van der Waals surface area contributed by atoms with E-state index in [1.54, 1.807) is 0 Å². The first-order valence-electron chi connectivity index (χ1n) is 3.33. The SMILES string of the molecule is CCCCOC(=O)CO[NH3+].Cl. The molecule has 11 heavy (non-hydrogen) atoms. The van der Waals surface area contributed by atoms with E-state index in [0.717, 1.165) is 12.8 Å². The third-order valence-electron chi connectivity index (χ3n) is 0.981. The maximum Gasteiger partial charge on any atom is 0.338 e. The topological polar surface area (TPSA) is 63.2 Å². The lowest BCUT2D eigenvalue weighted by atomic mass is 10.4. The second-order valence-electron chi connectivity index (χ2n) is 1.92. The number of hydrogen-bond acceptors (Lipinski definition) is 3. The monoisotopic (exact) mass is 184 g/mol. The zero-order valence-electron chi connectivity index (χ0n) is 6.67. The second-order valence-corrected chi connectivity index (χ2v) is 1.92. The van der Waals surface area contributed by atoms with Gasteiger partial charge in [-0.05, 0) is 6.42 Å². The molecule has 0 spiro atoms. The maximum absolute atomic E-state index is 10.5. The van der Waals surface area contributed by atoms with E-state index in [1.807, 2.05) is 6.92 Å². The summed E-state index contributed by atoms with van der Waals surface area (Å²) in [5.74, 6) is 2.71. The molecule has 0 aliphatic rings. The number of hydrogen-bond donors (Lipinski definition) is 1. The normalized spacial score (nSPS) is 8.55. The van der Waals surface area contributed by atoms with Gasteiger partial charge >= 0.3 is 5.97 Å². The molecular formula is C6H15ClNO3+. The molecule has 4 nitrogen and oxygen atoms in total. The third-order valence-corrected chi connectivity index (χ3v) is 0.981. The summed E-state index contributed by atoms with van der Waals surface area (Å²) in [7, 11) is 0. The number of ether oxygens (including phenoxy) is 1. The fourth-order valence-corrected chi connectivity index (χ4v) is 0.455. The summed E-state index contributed by atoms with van der Waals surface area (Å²) < 4.78 is 4.72. The molecule has 0 aromatic rings. The first-order valence-corrected chi connectivity index (χ1v) is 3.33.